The standard InChI is InChI=1S/C15H13N3O5S/c1-9-3-5-12(8-14(9)18(19)20)24(21,22)17-11-4-6-15-13(7-11)16-10(2)23-15/h3-8,17H,1-2H3. The lowest BCUT2D eigenvalue weighted by molar-refractivity contribution is -0.385. The molecule has 0 aliphatic carbocycles. The molecule has 0 unspecified atom stereocenters. The zero-order chi connectivity index (χ0) is 17.5. The third-order valence-corrected chi connectivity index (χ3v) is 4.81. The summed E-state index contributed by atoms with van der Waals surface area (Å²) in [6.07, 6.45) is 0. The normalized spacial score (nSPS) is 11.6. The Labute approximate surface area is 137 Å². The Morgan fingerprint density at radius 3 is 2.62 bits per heavy atom. The van der Waals surface area contributed by atoms with Gasteiger partial charge < -0.3 is 4.42 Å². The maximum Gasteiger partial charge on any atom is 0.273 e. The summed E-state index contributed by atoms with van der Waals surface area (Å²) in [6, 6.07) is 8.43. The van der Waals surface area contributed by atoms with E-state index >= 15 is 0 Å². The van der Waals surface area contributed by atoms with Crippen molar-refractivity contribution in [1.29, 1.82) is 0 Å². The lowest BCUT2D eigenvalue weighted by Gasteiger charge is -2.08. The van der Waals surface area contributed by atoms with Gasteiger partial charge in [-0.25, -0.2) is 13.4 Å². The smallest absolute Gasteiger partial charge is 0.273 e. The van der Waals surface area contributed by atoms with Crippen molar-refractivity contribution in [3.05, 3.63) is 58.0 Å². The Balaban J connectivity index is 1.98. The number of nitro benzene ring substituents is 1. The number of rotatable bonds is 4. The molecule has 2 aromatic carbocycles. The number of hydrogen-bond acceptors (Lipinski definition) is 6. The van der Waals surface area contributed by atoms with Crippen molar-refractivity contribution in [2.45, 2.75) is 18.7 Å². The molecule has 1 aromatic heterocycles. The van der Waals surface area contributed by atoms with Crippen LogP contribution in [0.2, 0.25) is 0 Å². The molecule has 0 amide bonds. The minimum atomic E-state index is -3.96. The first-order chi connectivity index (χ1) is 11.3. The quantitative estimate of drug-likeness (QED) is 0.572. The number of anilines is 1. The maximum atomic E-state index is 12.5. The van der Waals surface area contributed by atoms with Crippen molar-refractivity contribution >= 4 is 32.5 Å². The van der Waals surface area contributed by atoms with Crippen molar-refractivity contribution in [1.82, 2.24) is 4.98 Å². The van der Waals surface area contributed by atoms with Crippen molar-refractivity contribution < 1.29 is 17.8 Å². The molecule has 3 aromatic rings. The van der Waals surface area contributed by atoms with Crippen LogP contribution in [0.1, 0.15) is 11.5 Å². The fourth-order valence-electron chi connectivity index (χ4n) is 2.27. The molecule has 9 heteroatoms. The minimum Gasteiger partial charge on any atom is -0.441 e. The van der Waals surface area contributed by atoms with Gasteiger partial charge in [-0.15, -0.1) is 0 Å². The number of nitro groups is 1. The van der Waals surface area contributed by atoms with Crippen molar-refractivity contribution in [3.8, 4) is 0 Å². The second-order valence-electron chi connectivity index (χ2n) is 5.23. The first-order valence-electron chi connectivity index (χ1n) is 6.91. The molecular weight excluding hydrogens is 334 g/mol. The van der Waals surface area contributed by atoms with E-state index in [0.29, 0.717) is 28.2 Å². The predicted octanol–water partition coefficient (Wildman–Crippen LogP) is 3.15. The molecular formula is C15H13N3O5S. The SMILES string of the molecule is Cc1nc2cc(NS(=O)(=O)c3ccc(C)c([N+](=O)[O-])c3)ccc2o1. The van der Waals surface area contributed by atoms with Gasteiger partial charge in [0, 0.05) is 18.6 Å². The number of nitrogens with one attached hydrogen (secondary N) is 1. The summed E-state index contributed by atoms with van der Waals surface area (Å²) < 4.78 is 32.6. The Bertz CT molecular complexity index is 1060. The van der Waals surface area contributed by atoms with Gasteiger partial charge in [-0.05, 0) is 31.2 Å². The van der Waals surface area contributed by atoms with Gasteiger partial charge in [0.15, 0.2) is 11.5 Å². The highest BCUT2D eigenvalue weighted by Crippen LogP contribution is 2.25. The van der Waals surface area contributed by atoms with E-state index in [1.807, 2.05) is 0 Å². The Hall–Kier alpha value is -2.94. The van der Waals surface area contributed by atoms with E-state index < -0.39 is 14.9 Å². The van der Waals surface area contributed by atoms with Crippen molar-refractivity contribution in [2.75, 3.05) is 4.72 Å². The van der Waals surface area contributed by atoms with Gasteiger partial charge in [-0.1, -0.05) is 6.07 Å². The van der Waals surface area contributed by atoms with Gasteiger partial charge in [0.25, 0.3) is 15.7 Å². The average molecular weight is 347 g/mol. The lowest BCUT2D eigenvalue weighted by atomic mass is 10.2. The molecule has 0 atom stereocenters. The third kappa shape index (κ3) is 2.93. The monoisotopic (exact) mass is 347 g/mol. The van der Waals surface area contributed by atoms with Crippen LogP contribution in [0.4, 0.5) is 11.4 Å². The topological polar surface area (TPSA) is 115 Å². The summed E-state index contributed by atoms with van der Waals surface area (Å²) in [4.78, 5) is 14.3. The van der Waals surface area contributed by atoms with E-state index in [4.69, 9.17) is 4.42 Å². The highest BCUT2D eigenvalue weighted by Gasteiger charge is 2.20. The van der Waals surface area contributed by atoms with E-state index in [0.717, 1.165) is 6.07 Å². The van der Waals surface area contributed by atoms with Crippen LogP contribution < -0.4 is 4.72 Å². The number of benzene rings is 2. The second-order valence-corrected chi connectivity index (χ2v) is 6.91. The fraction of sp³-hybridized carbons (Fsp3) is 0.133. The molecule has 1 N–H and O–H groups in total. The Kier molecular flexibility index (Phi) is 3.72. The van der Waals surface area contributed by atoms with Crippen LogP contribution in [0.5, 0.6) is 0 Å². The number of fused-ring (bicyclic) bond motifs is 1. The highest BCUT2D eigenvalue weighted by atomic mass is 32.2. The molecule has 24 heavy (non-hydrogen) atoms. The van der Waals surface area contributed by atoms with E-state index in [1.165, 1.54) is 24.3 Å². The van der Waals surface area contributed by atoms with Gasteiger partial charge in [-0.2, -0.15) is 0 Å². The molecule has 0 aliphatic rings. The van der Waals surface area contributed by atoms with Gasteiger partial charge >= 0.3 is 0 Å². The summed E-state index contributed by atoms with van der Waals surface area (Å²) in [5.41, 5.74) is 1.49. The van der Waals surface area contributed by atoms with Crippen LogP contribution in [-0.4, -0.2) is 18.3 Å². The summed E-state index contributed by atoms with van der Waals surface area (Å²) in [7, 11) is -3.96. The molecule has 0 radical (unpaired) electrons. The van der Waals surface area contributed by atoms with Crippen LogP contribution >= 0.6 is 0 Å². The molecule has 124 valence electrons. The summed E-state index contributed by atoms with van der Waals surface area (Å²) in [5, 5.41) is 11.0. The fourth-order valence-corrected chi connectivity index (χ4v) is 3.34. The number of sulfonamides is 1. The van der Waals surface area contributed by atoms with Crippen LogP contribution in [0.25, 0.3) is 11.1 Å². The molecule has 0 bridgehead atoms. The second kappa shape index (κ2) is 5.60. The highest BCUT2D eigenvalue weighted by molar-refractivity contribution is 7.92. The molecule has 0 saturated heterocycles. The molecule has 0 fully saturated rings. The number of aromatic nitrogens is 1. The molecule has 8 nitrogen and oxygen atoms in total. The number of oxazole rings is 1. The zero-order valence-electron chi connectivity index (χ0n) is 12.8. The van der Waals surface area contributed by atoms with E-state index in [-0.39, 0.29) is 10.6 Å². The summed E-state index contributed by atoms with van der Waals surface area (Å²) in [5.74, 6) is 0.471. The molecule has 3 rings (SSSR count). The van der Waals surface area contributed by atoms with E-state index in [2.05, 4.69) is 9.71 Å². The first-order valence-corrected chi connectivity index (χ1v) is 8.40. The average Bonchev–Trinajstić information content (AvgIpc) is 2.86. The zero-order valence-corrected chi connectivity index (χ0v) is 13.6. The largest absolute Gasteiger partial charge is 0.441 e. The predicted molar refractivity (Wildman–Crippen MR) is 87.4 cm³/mol. The van der Waals surface area contributed by atoms with Gasteiger partial charge in [0.1, 0.15) is 5.52 Å². The first kappa shape index (κ1) is 15.9. The number of hydrogen-bond donors (Lipinski definition) is 1. The van der Waals surface area contributed by atoms with Gasteiger partial charge in [0.05, 0.1) is 15.5 Å². The number of nitrogens with zero attached hydrogens (tertiary/aromatic N) is 2. The lowest BCUT2D eigenvalue weighted by Crippen LogP contribution is -2.13. The van der Waals surface area contributed by atoms with Crippen molar-refractivity contribution in [3.63, 3.8) is 0 Å². The van der Waals surface area contributed by atoms with Crippen LogP contribution in [0.15, 0.2) is 45.7 Å². The third-order valence-electron chi connectivity index (χ3n) is 3.43. The van der Waals surface area contributed by atoms with Gasteiger partial charge in [-0.3, -0.25) is 14.8 Å². The maximum absolute atomic E-state index is 12.5. The molecule has 0 aliphatic heterocycles. The number of aryl methyl sites for hydroxylation is 2. The van der Waals surface area contributed by atoms with Crippen molar-refractivity contribution in [2.24, 2.45) is 0 Å². The van der Waals surface area contributed by atoms with E-state index in [1.54, 1.807) is 19.9 Å². The van der Waals surface area contributed by atoms with E-state index in [9.17, 15) is 18.5 Å². The molecule has 0 spiro atoms. The summed E-state index contributed by atoms with van der Waals surface area (Å²) in [6.45, 7) is 3.23. The Morgan fingerprint density at radius 2 is 1.92 bits per heavy atom. The van der Waals surface area contributed by atoms with Crippen LogP contribution in [0, 0.1) is 24.0 Å². The molecule has 1 heterocycles. The minimum absolute atomic E-state index is 0.184. The Morgan fingerprint density at radius 1 is 1.17 bits per heavy atom. The van der Waals surface area contributed by atoms with Crippen LogP contribution in [-0.2, 0) is 10.0 Å². The van der Waals surface area contributed by atoms with Gasteiger partial charge in [0.2, 0.25) is 0 Å². The summed E-state index contributed by atoms with van der Waals surface area (Å²) >= 11 is 0. The molecule has 0 saturated carbocycles. The van der Waals surface area contributed by atoms with Crippen LogP contribution in [0.3, 0.4) is 0 Å².